The number of phenols is 1. The number of phenolic OH excluding ortho intramolecular Hbond substituents is 1. The highest BCUT2D eigenvalue weighted by Gasteiger charge is 2.45. The van der Waals surface area contributed by atoms with Crippen LogP contribution in [0.25, 0.3) is 0 Å². The fourth-order valence-corrected chi connectivity index (χ4v) is 5.05. The number of aliphatic imine (C=N–C) groups is 1. The first-order valence-corrected chi connectivity index (χ1v) is 13.2. The van der Waals surface area contributed by atoms with Crippen LogP contribution in [-0.4, -0.2) is 66.1 Å². The topological polar surface area (TPSA) is 167 Å². The molecule has 216 valence electrons. The van der Waals surface area contributed by atoms with Crippen molar-refractivity contribution < 1.29 is 38.6 Å². The first kappa shape index (κ1) is 29.4. The molecule has 0 radical (unpaired) electrons. The minimum absolute atomic E-state index is 0.00763. The van der Waals surface area contributed by atoms with Gasteiger partial charge in [0.05, 0.1) is 28.7 Å². The first-order chi connectivity index (χ1) is 19.7. The van der Waals surface area contributed by atoms with E-state index in [1.54, 1.807) is 32.0 Å². The maximum absolute atomic E-state index is 13.5. The van der Waals surface area contributed by atoms with Gasteiger partial charge in [-0.25, -0.2) is 4.79 Å². The van der Waals surface area contributed by atoms with Crippen LogP contribution in [0.4, 0.5) is 5.69 Å². The molecule has 4 rings (SSSR count). The predicted molar refractivity (Wildman–Crippen MR) is 146 cm³/mol. The summed E-state index contributed by atoms with van der Waals surface area (Å²) in [7, 11) is 0. The molecule has 3 atom stereocenters. The second-order valence-electron chi connectivity index (χ2n) is 9.70. The third-order valence-electron chi connectivity index (χ3n) is 6.98. The van der Waals surface area contributed by atoms with E-state index in [0.717, 1.165) is 12.8 Å². The largest absolute Gasteiger partial charge is 0.507 e. The highest BCUT2D eigenvalue weighted by Crippen LogP contribution is 2.43. The minimum Gasteiger partial charge on any atom is -0.507 e. The Morgan fingerprint density at radius 1 is 1.12 bits per heavy atom. The molecule has 1 fully saturated rings. The molecule has 41 heavy (non-hydrogen) atoms. The molecule has 1 saturated heterocycles. The van der Waals surface area contributed by atoms with Crippen molar-refractivity contribution in [1.82, 2.24) is 5.32 Å². The molecule has 0 saturated carbocycles. The van der Waals surface area contributed by atoms with Crippen molar-refractivity contribution in [2.75, 3.05) is 26.4 Å². The van der Waals surface area contributed by atoms with Crippen LogP contribution in [0.5, 0.6) is 5.75 Å². The second-order valence-corrected chi connectivity index (χ2v) is 9.70. The van der Waals surface area contributed by atoms with Gasteiger partial charge in [-0.2, -0.15) is 0 Å². The van der Waals surface area contributed by atoms with E-state index in [1.807, 2.05) is 0 Å². The number of benzene rings is 2. The standard InChI is InChI=1S/C29H31N3O9/c1-17-24(28(35)40-15-13-30-27(34)21-10-4-6-12-23(21)33)26(20-9-3-5-11-22(20)32(37)38)25(18(2)31-17)29(36)41-16-19-8-7-14-39-19/h3-6,9-12,19,24,26,33H,7-8,13-16H2,1-2H3,(H,30,34)/t19-,24?,26+/m1/s1. The fraction of sp³-hybridized carbons (Fsp3) is 0.379. The molecule has 2 aromatic rings. The van der Waals surface area contributed by atoms with E-state index in [-0.39, 0.29) is 59.7 Å². The number of esters is 2. The number of nitrogens with zero attached hydrogens (tertiary/aromatic N) is 2. The number of aromatic hydroxyl groups is 1. The smallest absolute Gasteiger partial charge is 0.336 e. The fourth-order valence-electron chi connectivity index (χ4n) is 5.05. The predicted octanol–water partition coefficient (Wildman–Crippen LogP) is 3.44. The Hall–Kier alpha value is -4.58. The average molecular weight is 566 g/mol. The lowest BCUT2D eigenvalue weighted by molar-refractivity contribution is -0.385. The van der Waals surface area contributed by atoms with E-state index in [9.17, 15) is 29.6 Å². The summed E-state index contributed by atoms with van der Waals surface area (Å²) in [5.41, 5.74) is 0.559. The molecule has 12 heteroatoms. The third kappa shape index (κ3) is 6.77. The quantitative estimate of drug-likeness (QED) is 0.190. The normalized spacial score (nSPS) is 20.2. The van der Waals surface area contributed by atoms with Crippen LogP contribution < -0.4 is 5.32 Å². The molecule has 2 aromatic carbocycles. The van der Waals surface area contributed by atoms with Crippen LogP contribution in [0.15, 0.2) is 64.8 Å². The monoisotopic (exact) mass is 565 g/mol. The lowest BCUT2D eigenvalue weighted by atomic mass is 9.75. The Morgan fingerprint density at radius 2 is 1.85 bits per heavy atom. The van der Waals surface area contributed by atoms with Crippen molar-refractivity contribution in [3.8, 4) is 5.75 Å². The van der Waals surface area contributed by atoms with E-state index in [2.05, 4.69) is 10.3 Å². The summed E-state index contributed by atoms with van der Waals surface area (Å²) in [6.45, 7) is 3.46. The van der Waals surface area contributed by atoms with Crippen molar-refractivity contribution in [2.45, 2.75) is 38.7 Å². The van der Waals surface area contributed by atoms with Gasteiger partial charge in [0.1, 0.15) is 24.9 Å². The highest BCUT2D eigenvalue weighted by atomic mass is 16.6. The number of nitro groups is 1. The number of para-hydroxylation sites is 2. The van der Waals surface area contributed by atoms with Crippen molar-refractivity contribution in [2.24, 2.45) is 10.9 Å². The van der Waals surface area contributed by atoms with Gasteiger partial charge in [0.15, 0.2) is 0 Å². The van der Waals surface area contributed by atoms with E-state index in [4.69, 9.17) is 14.2 Å². The van der Waals surface area contributed by atoms with E-state index in [1.165, 1.54) is 30.3 Å². The Labute approximate surface area is 236 Å². The number of allylic oxidation sites excluding steroid dienone is 1. The molecule has 2 aliphatic rings. The van der Waals surface area contributed by atoms with Gasteiger partial charge in [-0.05, 0) is 38.8 Å². The van der Waals surface area contributed by atoms with Gasteiger partial charge in [-0.3, -0.25) is 24.7 Å². The summed E-state index contributed by atoms with van der Waals surface area (Å²) in [5, 5.41) is 24.4. The van der Waals surface area contributed by atoms with Crippen LogP contribution in [0.1, 0.15) is 48.5 Å². The molecule has 2 aliphatic heterocycles. The summed E-state index contributed by atoms with van der Waals surface area (Å²) < 4.78 is 16.5. The number of hydrogen-bond acceptors (Lipinski definition) is 10. The molecule has 1 unspecified atom stereocenters. The lowest BCUT2D eigenvalue weighted by Gasteiger charge is -2.31. The maximum atomic E-state index is 13.5. The second kappa shape index (κ2) is 13.2. The van der Waals surface area contributed by atoms with Crippen molar-refractivity contribution in [3.05, 3.63) is 81.0 Å². The molecule has 0 aliphatic carbocycles. The lowest BCUT2D eigenvalue weighted by Crippen LogP contribution is -2.38. The molecular formula is C29H31N3O9. The number of nitrogens with one attached hydrogen (secondary N) is 1. The summed E-state index contributed by atoms with van der Waals surface area (Å²) in [4.78, 5) is 55.0. The van der Waals surface area contributed by atoms with Crippen LogP contribution in [-0.2, 0) is 23.8 Å². The molecular weight excluding hydrogens is 534 g/mol. The van der Waals surface area contributed by atoms with Crippen LogP contribution in [0, 0.1) is 16.0 Å². The van der Waals surface area contributed by atoms with Gasteiger partial charge < -0.3 is 24.6 Å². The Bertz CT molecular complexity index is 1400. The van der Waals surface area contributed by atoms with E-state index < -0.39 is 34.6 Å². The number of rotatable bonds is 10. The van der Waals surface area contributed by atoms with Gasteiger partial charge >= 0.3 is 11.9 Å². The van der Waals surface area contributed by atoms with Gasteiger partial charge in [0.25, 0.3) is 11.6 Å². The Morgan fingerprint density at radius 3 is 2.56 bits per heavy atom. The van der Waals surface area contributed by atoms with E-state index in [0.29, 0.717) is 12.3 Å². The van der Waals surface area contributed by atoms with E-state index >= 15 is 0 Å². The first-order valence-electron chi connectivity index (χ1n) is 13.2. The molecule has 1 amide bonds. The van der Waals surface area contributed by atoms with Crippen LogP contribution in [0.3, 0.4) is 0 Å². The van der Waals surface area contributed by atoms with Gasteiger partial charge in [0, 0.05) is 35.6 Å². The zero-order valence-electron chi connectivity index (χ0n) is 22.7. The average Bonchev–Trinajstić information content (AvgIpc) is 3.47. The minimum atomic E-state index is -1.17. The third-order valence-corrected chi connectivity index (χ3v) is 6.98. The SMILES string of the molecule is CC1=NC(C)=C(C(=O)OC[C@H]2CCCO2)[C@@H](c2ccccc2[N+](=O)[O-])C1C(=O)OCCNC(=O)c1ccccc1O. The number of carbonyl (C=O) groups excluding carboxylic acids is 3. The van der Waals surface area contributed by atoms with Crippen molar-refractivity contribution >= 4 is 29.2 Å². The van der Waals surface area contributed by atoms with Crippen molar-refractivity contribution in [1.29, 1.82) is 0 Å². The van der Waals surface area contributed by atoms with Gasteiger partial charge in [0.2, 0.25) is 0 Å². The van der Waals surface area contributed by atoms with Crippen LogP contribution >= 0.6 is 0 Å². The summed E-state index contributed by atoms with van der Waals surface area (Å²) in [5.74, 6) is -4.53. The summed E-state index contributed by atoms with van der Waals surface area (Å²) >= 11 is 0. The molecule has 0 aromatic heterocycles. The number of carbonyl (C=O) groups is 3. The molecule has 0 bridgehead atoms. The summed E-state index contributed by atoms with van der Waals surface area (Å²) in [6.07, 6.45) is 1.35. The maximum Gasteiger partial charge on any atom is 0.336 e. The zero-order chi connectivity index (χ0) is 29.5. The van der Waals surface area contributed by atoms with Crippen LogP contribution in [0.2, 0.25) is 0 Å². The Balaban J connectivity index is 1.56. The molecule has 2 heterocycles. The highest BCUT2D eigenvalue weighted by molar-refractivity contribution is 6.07. The number of ether oxygens (including phenoxy) is 3. The molecule has 12 nitrogen and oxygen atoms in total. The Kier molecular flexibility index (Phi) is 9.45. The molecule has 0 spiro atoms. The van der Waals surface area contributed by atoms with Gasteiger partial charge in [-0.1, -0.05) is 30.3 Å². The zero-order valence-corrected chi connectivity index (χ0v) is 22.7. The summed E-state index contributed by atoms with van der Waals surface area (Å²) in [6, 6.07) is 11.9. The number of amides is 1. The number of hydrogen-bond donors (Lipinski definition) is 2. The van der Waals surface area contributed by atoms with Gasteiger partial charge in [-0.15, -0.1) is 0 Å². The molecule has 2 N–H and O–H groups in total. The number of nitro benzene ring substituents is 1. The van der Waals surface area contributed by atoms with Crippen molar-refractivity contribution in [3.63, 3.8) is 0 Å².